The van der Waals surface area contributed by atoms with E-state index < -0.39 is 0 Å². The van der Waals surface area contributed by atoms with Gasteiger partial charge < -0.3 is 14.8 Å². The number of hydrogen-bond acceptors (Lipinski definition) is 3. The first-order valence-electron chi connectivity index (χ1n) is 8.35. The standard InChI is InChI=1S/C18H25NO2/c1-20-16-6-4-12(5-7-16)14-10-15(11-14)19-17-8-9-21-18(17)13-2-3-13/h4-7,13-15,17-19H,2-3,8-11H2,1H3. The molecule has 1 aliphatic heterocycles. The highest BCUT2D eigenvalue weighted by atomic mass is 16.5. The van der Waals surface area contributed by atoms with Crippen molar-refractivity contribution in [3.8, 4) is 5.75 Å². The van der Waals surface area contributed by atoms with Crippen LogP contribution >= 0.6 is 0 Å². The van der Waals surface area contributed by atoms with Gasteiger partial charge in [0.2, 0.25) is 0 Å². The fourth-order valence-corrected chi connectivity index (χ4v) is 3.88. The molecule has 3 nitrogen and oxygen atoms in total. The zero-order chi connectivity index (χ0) is 14.2. The summed E-state index contributed by atoms with van der Waals surface area (Å²) < 4.78 is 11.1. The van der Waals surface area contributed by atoms with E-state index in [2.05, 4.69) is 29.6 Å². The molecule has 21 heavy (non-hydrogen) atoms. The molecule has 2 atom stereocenters. The van der Waals surface area contributed by atoms with Crippen molar-refractivity contribution in [3.63, 3.8) is 0 Å². The van der Waals surface area contributed by atoms with Gasteiger partial charge in [-0.15, -0.1) is 0 Å². The second-order valence-corrected chi connectivity index (χ2v) is 6.87. The molecule has 0 spiro atoms. The predicted octanol–water partition coefficient (Wildman–Crippen LogP) is 3.10. The smallest absolute Gasteiger partial charge is 0.118 e. The number of ether oxygens (including phenoxy) is 2. The number of nitrogens with one attached hydrogen (secondary N) is 1. The summed E-state index contributed by atoms with van der Waals surface area (Å²) in [5, 5.41) is 3.86. The van der Waals surface area contributed by atoms with Crippen LogP contribution in [0.4, 0.5) is 0 Å². The lowest BCUT2D eigenvalue weighted by Crippen LogP contribution is -2.49. The van der Waals surface area contributed by atoms with Gasteiger partial charge in [0.05, 0.1) is 13.2 Å². The van der Waals surface area contributed by atoms with Gasteiger partial charge in [-0.05, 0) is 61.6 Å². The molecule has 2 unspecified atom stereocenters. The van der Waals surface area contributed by atoms with Gasteiger partial charge >= 0.3 is 0 Å². The van der Waals surface area contributed by atoms with Gasteiger partial charge in [-0.3, -0.25) is 0 Å². The summed E-state index contributed by atoms with van der Waals surface area (Å²) in [6, 6.07) is 9.87. The maximum Gasteiger partial charge on any atom is 0.118 e. The van der Waals surface area contributed by atoms with Crippen molar-refractivity contribution >= 4 is 0 Å². The lowest BCUT2D eigenvalue weighted by molar-refractivity contribution is 0.0749. The van der Waals surface area contributed by atoms with Crippen molar-refractivity contribution in [3.05, 3.63) is 29.8 Å². The Morgan fingerprint density at radius 1 is 1.10 bits per heavy atom. The van der Waals surface area contributed by atoms with Gasteiger partial charge in [-0.25, -0.2) is 0 Å². The third-order valence-electron chi connectivity index (χ3n) is 5.40. The summed E-state index contributed by atoms with van der Waals surface area (Å²) in [6.07, 6.45) is 6.99. The number of benzene rings is 1. The van der Waals surface area contributed by atoms with E-state index in [9.17, 15) is 0 Å². The molecule has 1 aromatic rings. The van der Waals surface area contributed by atoms with Gasteiger partial charge in [0.25, 0.3) is 0 Å². The minimum atomic E-state index is 0.505. The molecule has 0 amide bonds. The Kier molecular flexibility index (Phi) is 3.64. The first kappa shape index (κ1) is 13.6. The van der Waals surface area contributed by atoms with Crippen LogP contribution in [0.15, 0.2) is 24.3 Å². The Balaban J connectivity index is 1.28. The highest BCUT2D eigenvalue weighted by Gasteiger charge is 2.42. The summed E-state index contributed by atoms with van der Waals surface area (Å²) in [6.45, 7) is 0.952. The van der Waals surface area contributed by atoms with Gasteiger partial charge in [0.1, 0.15) is 5.75 Å². The molecule has 1 heterocycles. The summed E-state index contributed by atoms with van der Waals surface area (Å²) >= 11 is 0. The van der Waals surface area contributed by atoms with Crippen LogP contribution in [0.1, 0.15) is 43.6 Å². The Hall–Kier alpha value is -1.06. The van der Waals surface area contributed by atoms with Gasteiger partial charge in [0, 0.05) is 18.7 Å². The number of hydrogen-bond donors (Lipinski definition) is 1. The van der Waals surface area contributed by atoms with E-state index in [4.69, 9.17) is 9.47 Å². The number of methoxy groups -OCH3 is 1. The fraction of sp³-hybridized carbons (Fsp3) is 0.667. The number of rotatable bonds is 5. The van der Waals surface area contributed by atoms with Gasteiger partial charge in [0.15, 0.2) is 0 Å². The largest absolute Gasteiger partial charge is 0.497 e. The van der Waals surface area contributed by atoms with Gasteiger partial charge in [-0.2, -0.15) is 0 Å². The molecule has 2 saturated carbocycles. The van der Waals surface area contributed by atoms with E-state index in [-0.39, 0.29) is 0 Å². The molecule has 2 aliphatic carbocycles. The fourth-order valence-electron chi connectivity index (χ4n) is 3.88. The maximum absolute atomic E-state index is 5.92. The predicted molar refractivity (Wildman–Crippen MR) is 82.8 cm³/mol. The van der Waals surface area contributed by atoms with E-state index in [1.165, 1.54) is 37.7 Å². The van der Waals surface area contributed by atoms with Crippen LogP contribution in [0, 0.1) is 5.92 Å². The molecular weight excluding hydrogens is 262 g/mol. The van der Waals surface area contributed by atoms with Crippen LogP contribution in [-0.4, -0.2) is 31.9 Å². The van der Waals surface area contributed by atoms with E-state index in [0.717, 1.165) is 24.2 Å². The summed E-state index contributed by atoms with van der Waals surface area (Å²) in [5.41, 5.74) is 1.45. The van der Waals surface area contributed by atoms with Crippen LogP contribution in [0.3, 0.4) is 0 Å². The summed E-state index contributed by atoms with van der Waals surface area (Å²) in [4.78, 5) is 0. The minimum absolute atomic E-state index is 0.505. The van der Waals surface area contributed by atoms with E-state index in [1.807, 2.05) is 0 Å². The van der Waals surface area contributed by atoms with Crippen LogP contribution in [-0.2, 0) is 4.74 Å². The monoisotopic (exact) mass is 287 g/mol. The van der Waals surface area contributed by atoms with Crippen LogP contribution in [0.5, 0.6) is 5.75 Å². The lowest BCUT2D eigenvalue weighted by Gasteiger charge is -2.39. The summed E-state index contributed by atoms with van der Waals surface area (Å²) in [5.74, 6) is 2.51. The van der Waals surface area contributed by atoms with E-state index in [1.54, 1.807) is 7.11 Å². The molecule has 3 heteroatoms. The molecule has 0 bridgehead atoms. The topological polar surface area (TPSA) is 30.5 Å². The normalized spacial score (nSPS) is 35.5. The van der Waals surface area contributed by atoms with Crippen LogP contribution in [0.2, 0.25) is 0 Å². The minimum Gasteiger partial charge on any atom is -0.497 e. The average Bonchev–Trinajstić information content (AvgIpc) is 3.22. The van der Waals surface area contributed by atoms with Crippen LogP contribution < -0.4 is 10.1 Å². The van der Waals surface area contributed by atoms with E-state index in [0.29, 0.717) is 18.2 Å². The van der Waals surface area contributed by atoms with E-state index >= 15 is 0 Å². The zero-order valence-electron chi connectivity index (χ0n) is 12.8. The zero-order valence-corrected chi connectivity index (χ0v) is 12.8. The third kappa shape index (κ3) is 2.82. The average molecular weight is 287 g/mol. The van der Waals surface area contributed by atoms with Crippen molar-refractivity contribution in [2.24, 2.45) is 5.92 Å². The maximum atomic E-state index is 5.92. The molecule has 3 fully saturated rings. The highest BCUT2D eigenvalue weighted by Crippen LogP contribution is 2.41. The van der Waals surface area contributed by atoms with Crippen molar-refractivity contribution in [2.45, 2.75) is 56.2 Å². The van der Waals surface area contributed by atoms with Crippen molar-refractivity contribution in [1.82, 2.24) is 5.32 Å². The molecule has 1 N–H and O–H groups in total. The molecule has 0 radical (unpaired) electrons. The van der Waals surface area contributed by atoms with Gasteiger partial charge in [-0.1, -0.05) is 12.1 Å². The first-order valence-corrected chi connectivity index (χ1v) is 8.35. The first-order chi connectivity index (χ1) is 10.3. The molecular formula is C18H25NO2. The summed E-state index contributed by atoms with van der Waals surface area (Å²) in [7, 11) is 1.72. The van der Waals surface area contributed by atoms with Crippen LogP contribution in [0.25, 0.3) is 0 Å². The second-order valence-electron chi connectivity index (χ2n) is 6.87. The van der Waals surface area contributed by atoms with Crippen molar-refractivity contribution < 1.29 is 9.47 Å². The highest BCUT2D eigenvalue weighted by molar-refractivity contribution is 5.31. The lowest BCUT2D eigenvalue weighted by atomic mass is 9.75. The van der Waals surface area contributed by atoms with Crippen molar-refractivity contribution in [1.29, 1.82) is 0 Å². The SMILES string of the molecule is COc1ccc(C2CC(NC3CCOC3C3CC3)C2)cc1. The Morgan fingerprint density at radius 3 is 2.52 bits per heavy atom. The quantitative estimate of drug-likeness (QED) is 0.902. The Morgan fingerprint density at radius 2 is 1.86 bits per heavy atom. The third-order valence-corrected chi connectivity index (χ3v) is 5.40. The Bertz CT molecular complexity index is 476. The molecule has 4 rings (SSSR count). The second kappa shape index (κ2) is 5.62. The molecule has 0 aromatic heterocycles. The molecule has 3 aliphatic rings. The van der Waals surface area contributed by atoms with Crippen molar-refractivity contribution in [2.75, 3.05) is 13.7 Å². The Labute approximate surface area is 127 Å². The molecule has 1 aromatic carbocycles. The molecule has 114 valence electrons. The molecule has 1 saturated heterocycles.